The quantitative estimate of drug-likeness (QED) is 0.824. The fraction of sp³-hybridized carbons (Fsp3) is 0.462. The maximum atomic E-state index is 12.3. The number of aliphatic carboxylic acids is 1. The molecule has 7 heteroatoms. The van der Waals surface area contributed by atoms with Gasteiger partial charge in [-0.2, -0.15) is 17.0 Å². The molecule has 0 saturated carbocycles. The van der Waals surface area contributed by atoms with E-state index in [0.717, 1.165) is 9.87 Å². The Balaban J connectivity index is 2.83. The molecular formula is C13H20N2O4S. The van der Waals surface area contributed by atoms with E-state index in [0.29, 0.717) is 0 Å². The van der Waals surface area contributed by atoms with Gasteiger partial charge >= 0.3 is 5.97 Å². The molecule has 0 aliphatic rings. The largest absolute Gasteiger partial charge is 0.481 e. The van der Waals surface area contributed by atoms with Crippen LogP contribution in [0, 0.1) is 0 Å². The van der Waals surface area contributed by atoms with E-state index in [-0.39, 0.29) is 19.0 Å². The molecule has 6 nitrogen and oxygen atoms in total. The second-order valence-corrected chi connectivity index (χ2v) is 6.67. The Bertz CT molecular complexity index is 545. The maximum absolute atomic E-state index is 12.3. The van der Waals surface area contributed by atoms with Crippen LogP contribution in [0.4, 0.5) is 0 Å². The standard InChI is InChI=1S/C13H20N2O4S/c1-11(12-7-5-4-6-8-12)15(3)20(18,19)14(2)10-9-13(16)17/h4-8,11H,9-10H2,1-3H3,(H,16,17). The summed E-state index contributed by atoms with van der Waals surface area (Å²) in [7, 11) is -0.807. The topological polar surface area (TPSA) is 77.9 Å². The van der Waals surface area contributed by atoms with Gasteiger partial charge in [0.05, 0.1) is 6.42 Å². The molecule has 0 saturated heterocycles. The predicted molar refractivity (Wildman–Crippen MR) is 76.4 cm³/mol. The molecule has 1 unspecified atom stereocenters. The molecule has 0 aromatic heterocycles. The molecule has 1 N–H and O–H groups in total. The molecule has 0 radical (unpaired) electrons. The van der Waals surface area contributed by atoms with Gasteiger partial charge in [0, 0.05) is 26.7 Å². The summed E-state index contributed by atoms with van der Waals surface area (Å²) in [6, 6.07) is 8.94. The summed E-state index contributed by atoms with van der Waals surface area (Å²) in [5.74, 6) is -1.02. The minimum atomic E-state index is -3.68. The van der Waals surface area contributed by atoms with Crippen LogP contribution >= 0.6 is 0 Å². The van der Waals surface area contributed by atoms with Crippen LogP contribution in [0.2, 0.25) is 0 Å². The number of carboxylic acid groups (broad SMARTS) is 1. The molecule has 0 heterocycles. The molecule has 0 aliphatic heterocycles. The van der Waals surface area contributed by atoms with Gasteiger partial charge in [0.15, 0.2) is 0 Å². The van der Waals surface area contributed by atoms with E-state index in [1.54, 1.807) is 6.92 Å². The van der Waals surface area contributed by atoms with E-state index >= 15 is 0 Å². The van der Waals surface area contributed by atoms with Crippen molar-refractivity contribution in [2.75, 3.05) is 20.6 Å². The normalized spacial score (nSPS) is 13.7. The Labute approximate surface area is 119 Å². The molecule has 20 heavy (non-hydrogen) atoms. The van der Waals surface area contributed by atoms with Gasteiger partial charge in [-0.25, -0.2) is 0 Å². The monoisotopic (exact) mass is 300 g/mol. The molecule has 1 aromatic carbocycles. The molecule has 0 bridgehead atoms. The van der Waals surface area contributed by atoms with Crippen molar-refractivity contribution < 1.29 is 18.3 Å². The number of carbonyl (C=O) groups is 1. The number of benzene rings is 1. The molecule has 0 fully saturated rings. The highest BCUT2D eigenvalue weighted by Crippen LogP contribution is 2.22. The number of rotatable bonds is 7. The van der Waals surface area contributed by atoms with Crippen molar-refractivity contribution in [3.05, 3.63) is 35.9 Å². The van der Waals surface area contributed by atoms with E-state index in [9.17, 15) is 13.2 Å². The van der Waals surface area contributed by atoms with Crippen molar-refractivity contribution in [2.45, 2.75) is 19.4 Å². The summed E-state index contributed by atoms with van der Waals surface area (Å²) in [6.45, 7) is 1.74. The Morgan fingerprint density at radius 2 is 1.80 bits per heavy atom. The SMILES string of the molecule is CC(c1ccccc1)N(C)S(=O)(=O)N(C)CCC(=O)O. The van der Waals surface area contributed by atoms with Gasteiger partial charge in [0.25, 0.3) is 10.2 Å². The first kappa shape index (κ1) is 16.6. The average molecular weight is 300 g/mol. The first-order valence-corrected chi connectivity index (χ1v) is 7.62. The third-order valence-corrected chi connectivity index (χ3v) is 5.24. The summed E-state index contributed by atoms with van der Waals surface area (Å²) in [5, 5.41) is 8.62. The Morgan fingerprint density at radius 1 is 1.25 bits per heavy atom. The number of hydrogen-bond donors (Lipinski definition) is 1. The second-order valence-electron chi connectivity index (χ2n) is 4.58. The lowest BCUT2D eigenvalue weighted by Gasteiger charge is -2.29. The van der Waals surface area contributed by atoms with E-state index in [1.807, 2.05) is 30.3 Å². The molecule has 1 rings (SSSR count). The third-order valence-electron chi connectivity index (χ3n) is 3.23. The average Bonchev–Trinajstić information content (AvgIpc) is 2.43. The lowest BCUT2D eigenvalue weighted by Crippen LogP contribution is -2.41. The highest BCUT2D eigenvalue weighted by atomic mass is 32.2. The molecule has 1 aromatic rings. The molecular weight excluding hydrogens is 280 g/mol. The van der Waals surface area contributed by atoms with E-state index in [2.05, 4.69) is 0 Å². The van der Waals surface area contributed by atoms with E-state index in [1.165, 1.54) is 18.4 Å². The van der Waals surface area contributed by atoms with Crippen LogP contribution in [0.1, 0.15) is 24.9 Å². The Hall–Kier alpha value is -1.44. The third kappa shape index (κ3) is 4.03. The fourth-order valence-corrected chi connectivity index (χ4v) is 3.01. The lowest BCUT2D eigenvalue weighted by atomic mass is 10.1. The molecule has 0 spiro atoms. The van der Waals surface area contributed by atoms with Crippen LogP contribution in [0.3, 0.4) is 0 Å². The van der Waals surface area contributed by atoms with Crippen molar-refractivity contribution in [3.63, 3.8) is 0 Å². The zero-order valence-electron chi connectivity index (χ0n) is 11.9. The van der Waals surface area contributed by atoms with Crippen LogP contribution < -0.4 is 0 Å². The van der Waals surface area contributed by atoms with Gasteiger partial charge in [-0.05, 0) is 12.5 Å². The van der Waals surface area contributed by atoms with Crippen LogP contribution in [-0.4, -0.2) is 48.7 Å². The van der Waals surface area contributed by atoms with Crippen molar-refractivity contribution >= 4 is 16.2 Å². The first-order valence-electron chi connectivity index (χ1n) is 6.23. The van der Waals surface area contributed by atoms with Gasteiger partial charge in [0.1, 0.15) is 0 Å². The van der Waals surface area contributed by atoms with Gasteiger partial charge in [-0.3, -0.25) is 4.79 Å². The van der Waals surface area contributed by atoms with Gasteiger partial charge in [-0.15, -0.1) is 0 Å². The number of hydrogen-bond acceptors (Lipinski definition) is 3. The highest BCUT2D eigenvalue weighted by Gasteiger charge is 2.28. The van der Waals surface area contributed by atoms with Crippen LogP contribution in [-0.2, 0) is 15.0 Å². The Kier molecular flexibility index (Phi) is 5.67. The number of nitrogens with zero attached hydrogens (tertiary/aromatic N) is 2. The van der Waals surface area contributed by atoms with E-state index < -0.39 is 16.2 Å². The second kappa shape index (κ2) is 6.83. The summed E-state index contributed by atoms with van der Waals surface area (Å²) in [6.07, 6.45) is -0.219. The van der Waals surface area contributed by atoms with Gasteiger partial charge in [-0.1, -0.05) is 30.3 Å². The predicted octanol–water partition coefficient (Wildman–Crippen LogP) is 1.33. The zero-order valence-corrected chi connectivity index (χ0v) is 12.7. The minimum Gasteiger partial charge on any atom is -0.481 e. The summed E-state index contributed by atoms with van der Waals surface area (Å²) in [4.78, 5) is 10.5. The highest BCUT2D eigenvalue weighted by molar-refractivity contribution is 7.86. The van der Waals surface area contributed by atoms with Gasteiger partial charge < -0.3 is 5.11 Å². The van der Waals surface area contributed by atoms with E-state index in [4.69, 9.17) is 5.11 Å². The lowest BCUT2D eigenvalue weighted by molar-refractivity contribution is -0.137. The van der Waals surface area contributed by atoms with Crippen molar-refractivity contribution in [3.8, 4) is 0 Å². The van der Waals surface area contributed by atoms with Gasteiger partial charge in [0.2, 0.25) is 0 Å². The Morgan fingerprint density at radius 3 is 2.30 bits per heavy atom. The minimum absolute atomic E-state index is 0.0521. The molecule has 1 atom stereocenters. The van der Waals surface area contributed by atoms with Crippen molar-refractivity contribution in [1.29, 1.82) is 0 Å². The summed E-state index contributed by atoms with van der Waals surface area (Å²) in [5.41, 5.74) is 0.880. The fourth-order valence-electron chi connectivity index (χ4n) is 1.73. The maximum Gasteiger partial charge on any atom is 0.304 e. The van der Waals surface area contributed by atoms with Crippen LogP contribution in [0.5, 0.6) is 0 Å². The number of carboxylic acids is 1. The molecule has 0 aliphatic carbocycles. The summed E-state index contributed by atoms with van der Waals surface area (Å²) < 4.78 is 26.9. The smallest absolute Gasteiger partial charge is 0.304 e. The zero-order chi connectivity index (χ0) is 15.3. The molecule has 112 valence electrons. The molecule has 0 amide bonds. The van der Waals surface area contributed by atoms with Crippen LogP contribution in [0.15, 0.2) is 30.3 Å². The van der Waals surface area contributed by atoms with Crippen molar-refractivity contribution in [2.24, 2.45) is 0 Å². The summed E-state index contributed by atoms with van der Waals surface area (Å²) >= 11 is 0. The first-order chi connectivity index (χ1) is 9.26. The van der Waals surface area contributed by atoms with Crippen molar-refractivity contribution in [1.82, 2.24) is 8.61 Å². The van der Waals surface area contributed by atoms with Crippen LogP contribution in [0.25, 0.3) is 0 Å².